The smallest absolute Gasteiger partial charge is 0.115 e. The molecule has 1 heterocycles. The van der Waals surface area contributed by atoms with Crippen LogP contribution < -0.4 is 5.32 Å². The van der Waals surface area contributed by atoms with Gasteiger partial charge in [-0.25, -0.2) is 0 Å². The molecule has 31 heavy (non-hydrogen) atoms. The van der Waals surface area contributed by atoms with Gasteiger partial charge in [0.05, 0.1) is 11.4 Å². The van der Waals surface area contributed by atoms with Gasteiger partial charge >= 0.3 is 0 Å². The van der Waals surface area contributed by atoms with E-state index < -0.39 is 0 Å². The maximum Gasteiger partial charge on any atom is 0.115 e. The molecule has 5 rings (SSSR count). The minimum Gasteiger partial charge on any atom is -0.508 e. The standard InChI is InChI=1S/C27H27N3O/c1-27(2,3)28-16-17-4-5-21-15-24-25(29-30-26(24)23(21)14-17)20-8-6-18(7-9-20)19-10-12-22(31)13-11-19/h4-14,28,31H,15-16H2,1-3H3,(H,29,30). The third-order valence-electron chi connectivity index (χ3n) is 5.86. The Morgan fingerprint density at radius 2 is 1.55 bits per heavy atom. The van der Waals surface area contributed by atoms with Gasteiger partial charge in [-0.2, -0.15) is 5.10 Å². The third-order valence-corrected chi connectivity index (χ3v) is 5.86. The van der Waals surface area contributed by atoms with Crippen molar-refractivity contribution in [1.82, 2.24) is 15.5 Å². The second-order valence-electron chi connectivity index (χ2n) is 9.32. The van der Waals surface area contributed by atoms with Crippen LogP contribution in [0.3, 0.4) is 0 Å². The number of phenols is 1. The van der Waals surface area contributed by atoms with Gasteiger partial charge in [0, 0.05) is 35.2 Å². The fourth-order valence-corrected chi connectivity index (χ4v) is 4.15. The minimum atomic E-state index is 0.0949. The summed E-state index contributed by atoms with van der Waals surface area (Å²) in [5.41, 5.74) is 10.8. The Bertz CT molecular complexity index is 1230. The number of benzene rings is 3. The SMILES string of the molecule is CC(C)(C)NCc1ccc2c(c1)-c1[nH]nc(-c3ccc(-c4ccc(O)cc4)cc3)c1C2. The van der Waals surface area contributed by atoms with E-state index in [1.165, 1.54) is 22.3 Å². The number of hydrogen-bond donors (Lipinski definition) is 3. The Hall–Kier alpha value is -3.37. The van der Waals surface area contributed by atoms with Crippen molar-refractivity contribution in [3.63, 3.8) is 0 Å². The molecule has 4 aromatic rings. The highest BCUT2D eigenvalue weighted by atomic mass is 16.3. The molecule has 4 nitrogen and oxygen atoms in total. The molecule has 0 spiro atoms. The lowest BCUT2D eigenvalue weighted by Crippen LogP contribution is -2.35. The number of phenolic OH excluding ortho intramolecular Hbond substituents is 1. The summed E-state index contributed by atoms with van der Waals surface area (Å²) in [6.07, 6.45) is 0.906. The molecule has 1 aliphatic carbocycles. The molecule has 0 bridgehead atoms. The van der Waals surface area contributed by atoms with E-state index in [0.29, 0.717) is 0 Å². The number of aromatic amines is 1. The maximum absolute atomic E-state index is 9.50. The summed E-state index contributed by atoms with van der Waals surface area (Å²) in [6, 6.07) is 22.5. The van der Waals surface area contributed by atoms with Crippen molar-refractivity contribution in [3.05, 3.63) is 83.4 Å². The molecule has 1 aliphatic rings. The summed E-state index contributed by atoms with van der Waals surface area (Å²) in [6.45, 7) is 7.41. The van der Waals surface area contributed by atoms with Gasteiger partial charge in [0.25, 0.3) is 0 Å². The lowest BCUT2D eigenvalue weighted by Gasteiger charge is -2.20. The average molecular weight is 410 g/mol. The molecule has 1 aromatic heterocycles. The molecule has 3 aromatic carbocycles. The minimum absolute atomic E-state index is 0.0949. The first-order valence-electron chi connectivity index (χ1n) is 10.7. The Morgan fingerprint density at radius 1 is 0.903 bits per heavy atom. The van der Waals surface area contributed by atoms with Crippen LogP contribution in [0.1, 0.15) is 37.5 Å². The summed E-state index contributed by atoms with van der Waals surface area (Å²) in [7, 11) is 0. The zero-order valence-electron chi connectivity index (χ0n) is 18.2. The van der Waals surface area contributed by atoms with Gasteiger partial charge in [0.1, 0.15) is 5.75 Å². The first kappa shape index (κ1) is 19.6. The van der Waals surface area contributed by atoms with E-state index in [2.05, 4.69) is 78.7 Å². The van der Waals surface area contributed by atoms with E-state index in [1.54, 1.807) is 12.1 Å². The van der Waals surface area contributed by atoms with E-state index in [0.717, 1.165) is 41.0 Å². The second kappa shape index (κ2) is 7.40. The molecule has 0 radical (unpaired) electrons. The molecule has 0 atom stereocenters. The van der Waals surface area contributed by atoms with Gasteiger partial charge in [-0.15, -0.1) is 0 Å². The molecule has 0 fully saturated rings. The summed E-state index contributed by atoms with van der Waals surface area (Å²) < 4.78 is 0. The van der Waals surface area contributed by atoms with Crippen LogP contribution in [-0.2, 0) is 13.0 Å². The van der Waals surface area contributed by atoms with Crippen molar-refractivity contribution in [3.8, 4) is 39.4 Å². The number of aromatic nitrogens is 2. The van der Waals surface area contributed by atoms with Gasteiger partial charge in [-0.05, 0) is 61.2 Å². The highest BCUT2D eigenvalue weighted by Gasteiger charge is 2.25. The van der Waals surface area contributed by atoms with Crippen molar-refractivity contribution in [2.75, 3.05) is 0 Å². The fraction of sp³-hybridized carbons (Fsp3) is 0.222. The number of aromatic hydroxyl groups is 1. The zero-order chi connectivity index (χ0) is 21.6. The van der Waals surface area contributed by atoms with Crippen molar-refractivity contribution >= 4 is 0 Å². The van der Waals surface area contributed by atoms with Gasteiger partial charge in [0.2, 0.25) is 0 Å². The summed E-state index contributed by atoms with van der Waals surface area (Å²) in [4.78, 5) is 0. The molecule has 3 N–H and O–H groups in total. The van der Waals surface area contributed by atoms with Crippen molar-refractivity contribution in [2.45, 2.75) is 39.3 Å². The highest BCUT2D eigenvalue weighted by molar-refractivity contribution is 5.82. The molecular weight excluding hydrogens is 382 g/mol. The monoisotopic (exact) mass is 409 g/mol. The normalized spacial score (nSPS) is 12.6. The lowest BCUT2D eigenvalue weighted by atomic mass is 10.0. The van der Waals surface area contributed by atoms with Gasteiger partial charge in [-0.1, -0.05) is 48.5 Å². The number of H-pyrrole nitrogens is 1. The molecule has 4 heteroatoms. The van der Waals surface area contributed by atoms with E-state index in [1.807, 2.05) is 12.1 Å². The quantitative estimate of drug-likeness (QED) is 0.346. The van der Waals surface area contributed by atoms with Crippen molar-refractivity contribution in [1.29, 1.82) is 0 Å². The van der Waals surface area contributed by atoms with Crippen molar-refractivity contribution in [2.24, 2.45) is 0 Å². The van der Waals surface area contributed by atoms with Gasteiger partial charge in [0.15, 0.2) is 0 Å². The molecule has 0 aliphatic heterocycles. The molecular formula is C27H27N3O. The molecule has 0 saturated heterocycles. The van der Waals surface area contributed by atoms with Crippen LogP contribution in [0.4, 0.5) is 0 Å². The number of hydrogen-bond acceptors (Lipinski definition) is 3. The lowest BCUT2D eigenvalue weighted by molar-refractivity contribution is 0.424. The van der Waals surface area contributed by atoms with Gasteiger partial charge in [-0.3, -0.25) is 5.10 Å². The second-order valence-corrected chi connectivity index (χ2v) is 9.32. The van der Waals surface area contributed by atoms with Crippen LogP contribution in [0.15, 0.2) is 66.7 Å². The predicted molar refractivity (Wildman–Crippen MR) is 126 cm³/mol. The van der Waals surface area contributed by atoms with Crippen LogP contribution in [0, 0.1) is 0 Å². The van der Waals surface area contributed by atoms with E-state index in [4.69, 9.17) is 0 Å². The molecule has 0 amide bonds. The van der Waals surface area contributed by atoms with E-state index in [9.17, 15) is 5.11 Å². The Labute approximate surface area is 183 Å². The average Bonchev–Trinajstić information content (AvgIpc) is 3.32. The number of rotatable bonds is 4. The summed E-state index contributed by atoms with van der Waals surface area (Å²) in [5.74, 6) is 0.282. The van der Waals surface area contributed by atoms with Crippen LogP contribution >= 0.6 is 0 Å². The maximum atomic E-state index is 9.50. The Balaban J connectivity index is 1.41. The van der Waals surface area contributed by atoms with Crippen LogP contribution in [0.25, 0.3) is 33.6 Å². The predicted octanol–water partition coefficient (Wildman–Crippen LogP) is 5.91. The largest absolute Gasteiger partial charge is 0.508 e. The fourth-order valence-electron chi connectivity index (χ4n) is 4.15. The number of fused-ring (bicyclic) bond motifs is 3. The van der Waals surface area contributed by atoms with E-state index in [-0.39, 0.29) is 11.3 Å². The van der Waals surface area contributed by atoms with Crippen LogP contribution in [0.2, 0.25) is 0 Å². The first-order chi connectivity index (χ1) is 14.9. The number of nitrogens with zero attached hydrogens (tertiary/aromatic N) is 1. The summed E-state index contributed by atoms with van der Waals surface area (Å²) >= 11 is 0. The Morgan fingerprint density at radius 3 is 2.23 bits per heavy atom. The van der Waals surface area contributed by atoms with Crippen LogP contribution in [0.5, 0.6) is 5.75 Å². The Kier molecular flexibility index (Phi) is 4.67. The third kappa shape index (κ3) is 3.87. The van der Waals surface area contributed by atoms with E-state index >= 15 is 0 Å². The van der Waals surface area contributed by atoms with Gasteiger partial charge < -0.3 is 10.4 Å². The zero-order valence-corrected chi connectivity index (χ0v) is 18.2. The number of nitrogens with one attached hydrogen (secondary N) is 2. The van der Waals surface area contributed by atoms with Crippen molar-refractivity contribution < 1.29 is 5.11 Å². The molecule has 156 valence electrons. The highest BCUT2D eigenvalue weighted by Crippen LogP contribution is 2.40. The summed E-state index contributed by atoms with van der Waals surface area (Å²) in [5, 5.41) is 21.0. The molecule has 0 saturated carbocycles. The van der Waals surface area contributed by atoms with Crippen LogP contribution in [-0.4, -0.2) is 20.8 Å². The molecule has 0 unspecified atom stereocenters. The first-order valence-corrected chi connectivity index (χ1v) is 10.7. The topological polar surface area (TPSA) is 60.9 Å².